The summed E-state index contributed by atoms with van der Waals surface area (Å²) in [6.07, 6.45) is 2.15. The first-order valence-electron chi connectivity index (χ1n) is 4.16. The fourth-order valence-corrected chi connectivity index (χ4v) is 1.36. The van der Waals surface area contributed by atoms with Crippen molar-refractivity contribution in [3.63, 3.8) is 0 Å². The summed E-state index contributed by atoms with van der Waals surface area (Å²) in [5, 5.41) is 3.70. The lowest BCUT2D eigenvalue weighted by atomic mass is 10.3. The first-order valence-corrected chi connectivity index (χ1v) is 5.63. The van der Waals surface area contributed by atoms with Crippen LogP contribution in [0.4, 0.5) is 5.69 Å². The van der Waals surface area contributed by atoms with Gasteiger partial charge in [0.05, 0.1) is 11.7 Å². The second-order valence-corrected chi connectivity index (χ2v) is 4.02. The van der Waals surface area contributed by atoms with Gasteiger partial charge >= 0.3 is 10.1 Å². The number of hydrogen-bond acceptors (Lipinski definition) is 4. The van der Waals surface area contributed by atoms with Gasteiger partial charge in [-0.2, -0.15) is 8.42 Å². The van der Waals surface area contributed by atoms with Crippen molar-refractivity contribution in [3.8, 4) is 0 Å². The Balaban J connectivity index is 2.58. The van der Waals surface area contributed by atoms with E-state index >= 15 is 0 Å². The highest BCUT2D eigenvalue weighted by Crippen LogP contribution is 2.05. The van der Waals surface area contributed by atoms with Crippen LogP contribution >= 0.6 is 0 Å². The lowest BCUT2D eigenvalue weighted by Crippen LogP contribution is -1.97. The van der Waals surface area contributed by atoms with Crippen LogP contribution in [0.15, 0.2) is 54.8 Å². The molecule has 0 aliphatic rings. The second kappa shape index (κ2) is 5.21. The number of para-hydroxylation sites is 1. The molecule has 0 aliphatic heterocycles. The molecule has 0 unspecified atom stereocenters. The fourth-order valence-electron chi connectivity index (χ4n) is 0.875. The van der Waals surface area contributed by atoms with Gasteiger partial charge in [-0.25, -0.2) is 0 Å². The summed E-state index contributed by atoms with van der Waals surface area (Å²) < 4.78 is 26.3. The van der Waals surface area contributed by atoms with Gasteiger partial charge in [-0.3, -0.25) is 0 Å². The molecule has 1 rings (SSSR count). The quantitative estimate of drug-likeness (QED) is 0.615. The average Bonchev–Trinajstić information content (AvgIpc) is 2.19. The van der Waals surface area contributed by atoms with Crippen LogP contribution < -0.4 is 5.32 Å². The molecule has 0 bridgehead atoms. The van der Waals surface area contributed by atoms with E-state index in [1.165, 1.54) is 6.20 Å². The van der Waals surface area contributed by atoms with Crippen LogP contribution in [0.1, 0.15) is 0 Å². The van der Waals surface area contributed by atoms with Crippen molar-refractivity contribution in [2.75, 3.05) is 5.32 Å². The predicted octanol–water partition coefficient (Wildman–Crippen LogP) is 2.06. The van der Waals surface area contributed by atoms with Gasteiger partial charge in [0.25, 0.3) is 0 Å². The number of anilines is 1. The van der Waals surface area contributed by atoms with Crippen molar-refractivity contribution < 1.29 is 12.6 Å². The van der Waals surface area contributed by atoms with E-state index in [0.29, 0.717) is 0 Å². The molecule has 0 fully saturated rings. The molecular formula is C10H11NO3S. The Morgan fingerprint density at radius 2 is 1.93 bits per heavy atom. The van der Waals surface area contributed by atoms with E-state index in [1.807, 2.05) is 30.3 Å². The summed E-state index contributed by atoms with van der Waals surface area (Å²) in [6.45, 7) is 3.16. The van der Waals surface area contributed by atoms with Crippen LogP contribution in [0.5, 0.6) is 0 Å². The van der Waals surface area contributed by atoms with Gasteiger partial charge in [-0.15, -0.1) is 0 Å². The van der Waals surface area contributed by atoms with Crippen LogP contribution in [0, 0.1) is 0 Å². The summed E-state index contributed by atoms with van der Waals surface area (Å²) in [4.78, 5) is 0. The zero-order valence-electron chi connectivity index (χ0n) is 7.96. The zero-order valence-corrected chi connectivity index (χ0v) is 8.78. The number of nitrogens with one attached hydrogen (secondary N) is 1. The summed E-state index contributed by atoms with van der Waals surface area (Å²) >= 11 is 0. The van der Waals surface area contributed by atoms with Gasteiger partial charge in [0.1, 0.15) is 0 Å². The molecule has 0 saturated heterocycles. The number of hydrogen-bond donors (Lipinski definition) is 1. The lowest BCUT2D eigenvalue weighted by Gasteiger charge is -1.99. The molecule has 0 aliphatic carbocycles. The van der Waals surface area contributed by atoms with Crippen LogP contribution in [0.25, 0.3) is 0 Å². The van der Waals surface area contributed by atoms with E-state index in [2.05, 4.69) is 16.1 Å². The molecule has 1 N–H and O–H groups in total. The molecule has 1 aromatic rings. The highest BCUT2D eigenvalue weighted by atomic mass is 32.2. The van der Waals surface area contributed by atoms with Crippen molar-refractivity contribution in [2.45, 2.75) is 0 Å². The Morgan fingerprint density at radius 3 is 2.53 bits per heavy atom. The number of rotatable bonds is 5. The van der Waals surface area contributed by atoms with Crippen molar-refractivity contribution in [1.29, 1.82) is 0 Å². The van der Waals surface area contributed by atoms with Crippen LogP contribution in [0.3, 0.4) is 0 Å². The Bertz CT molecular complexity index is 437. The first kappa shape index (κ1) is 11.3. The van der Waals surface area contributed by atoms with Gasteiger partial charge in [0, 0.05) is 11.9 Å². The molecule has 0 aromatic heterocycles. The highest BCUT2D eigenvalue weighted by Gasteiger charge is 2.01. The van der Waals surface area contributed by atoms with Gasteiger partial charge in [0.2, 0.25) is 0 Å². The fraction of sp³-hybridized carbons (Fsp3) is 0. The van der Waals surface area contributed by atoms with Crippen molar-refractivity contribution in [1.82, 2.24) is 0 Å². The molecular weight excluding hydrogens is 214 g/mol. The first-order chi connectivity index (χ1) is 7.14. The molecule has 15 heavy (non-hydrogen) atoms. The summed E-state index contributed by atoms with van der Waals surface area (Å²) in [5.74, 6) is 0. The second-order valence-electron chi connectivity index (χ2n) is 2.57. The monoisotopic (exact) mass is 225 g/mol. The minimum atomic E-state index is -3.66. The third-order valence-electron chi connectivity index (χ3n) is 1.46. The molecule has 0 amide bonds. The largest absolute Gasteiger partial charge is 0.388 e. The lowest BCUT2D eigenvalue weighted by molar-refractivity contribution is 0.454. The third-order valence-corrected chi connectivity index (χ3v) is 2.33. The Hall–Kier alpha value is -1.75. The Labute approximate surface area is 89.0 Å². The van der Waals surface area contributed by atoms with Crippen molar-refractivity contribution >= 4 is 15.8 Å². The SMILES string of the molecule is C=COS(=O)(=O)C=CNc1ccccc1. The Morgan fingerprint density at radius 1 is 1.27 bits per heavy atom. The molecule has 0 radical (unpaired) electrons. The van der Waals surface area contributed by atoms with E-state index in [0.717, 1.165) is 17.4 Å². The van der Waals surface area contributed by atoms with Crippen molar-refractivity contribution in [3.05, 3.63) is 54.8 Å². The summed E-state index contributed by atoms with van der Waals surface area (Å²) in [7, 11) is -3.66. The molecule has 0 heterocycles. The molecule has 5 heteroatoms. The number of benzene rings is 1. The van der Waals surface area contributed by atoms with E-state index in [9.17, 15) is 8.42 Å². The highest BCUT2D eigenvalue weighted by molar-refractivity contribution is 7.89. The summed E-state index contributed by atoms with van der Waals surface area (Å²) in [5.41, 5.74) is 0.794. The topological polar surface area (TPSA) is 55.4 Å². The minimum absolute atomic E-state index is 0.794. The van der Waals surface area contributed by atoms with Gasteiger partial charge in [-0.05, 0) is 12.1 Å². The normalized spacial score (nSPS) is 11.2. The summed E-state index contributed by atoms with van der Waals surface area (Å²) in [6, 6.07) is 9.17. The van der Waals surface area contributed by atoms with E-state index in [4.69, 9.17) is 0 Å². The van der Waals surface area contributed by atoms with Crippen LogP contribution in [-0.2, 0) is 14.3 Å². The predicted molar refractivity (Wildman–Crippen MR) is 59.4 cm³/mol. The maximum absolute atomic E-state index is 11.0. The Kier molecular flexibility index (Phi) is 3.93. The molecule has 1 aromatic carbocycles. The van der Waals surface area contributed by atoms with E-state index in [1.54, 1.807) is 0 Å². The van der Waals surface area contributed by atoms with Crippen molar-refractivity contribution in [2.24, 2.45) is 0 Å². The molecule has 0 atom stereocenters. The van der Waals surface area contributed by atoms with Gasteiger partial charge in [0.15, 0.2) is 0 Å². The minimum Gasteiger partial charge on any atom is -0.388 e. The molecule has 4 nitrogen and oxygen atoms in total. The molecule has 0 saturated carbocycles. The van der Waals surface area contributed by atoms with Crippen LogP contribution in [0.2, 0.25) is 0 Å². The molecule has 80 valence electrons. The maximum Gasteiger partial charge on any atom is 0.333 e. The van der Waals surface area contributed by atoms with E-state index < -0.39 is 10.1 Å². The average molecular weight is 225 g/mol. The molecule has 0 spiro atoms. The van der Waals surface area contributed by atoms with E-state index in [-0.39, 0.29) is 0 Å². The third kappa shape index (κ3) is 4.33. The van der Waals surface area contributed by atoms with Crippen LogP contribution in [-0.4, -0.2) is 8.42 Å². The smallest absolute Gasteiger partial charge is 0.333 e. The maximum atomic E-state index is 11.0. The van der Waals surface area contributed by atoms with Gasteiger partial charge in [-0.1, -0.05) is 24.8 Å². The van der Waals surface area contributed by atoms with Gasteiger partial charge < -0.3 is 9.50 Å². The standard InChI is InChI=1S/C10H11NO3S/c1-2-14-15(12,13)9-8-11-10-6-4-3-5-7-10/h2-9,11H,1H2. The zero-order chi connectivity index (χ0) is 11.1.